The first kappa shape index (κ1) is 27.3. The van der Waals surface area contributed by atoms with Crippen LogP contribution in [-0.2, 0) is 4.79 Å². The second-order valence-corrected chi connectivity index (χ2v) is 8.77. The molecule has 184 valence electrons. The number of anilines is 1. The summed E-state index contributed by atoms with van der Waals surface area (Å²) in [6, 6.07) is 8.15. The van der Waals surface area contributed by atoms with Gasteiger partial charge >= 0.3 is 12.1 Å². The number of carboxylic acid groups (broad SMARTS) is 1. The third-order valence-electron chi connectivity index (χ3n) is 4.62. The predicted molar refractivity (Wildman–Crippen MR) is 120 cm³/mol. The van der Waals surface area contributed by atoms with E-state index in [0.717, 1.165) is 37.0 Å². The lowest BCUT2D eigenvalue weighted by atomic mass is 10.1. The highest BCUT2D eigenvalue weighted by Crippen LogP contribution is 2.31. The van der Waals surface area contributed by atoms with Gasteiger partial charge < -0.3 is 16.2 Å². The number of benzene rings is 1. The molecule has 1 aromatic carbocycles. The van der Waals surface area contributed by atoms with Crippen molar-refractivity contribution < 1.29 is 37.5 Å². The Morgan fingerprint density at radius 2 is 1.71 bits per heavy atom. The molecule has 0 unspecified atom stereocenters. The number of imide groups is 1. The van der Waals surface area contributed by atoms with Gasteiger partial charge in [-0.2, -0.15) is 13.2 Å². The fraction of sp³-hybridized carbons (Fsp3) is 0.333. The molecular weight excluding hydrogens is 499 g/mol. The molecule has 2 heterocycles. The largest absolute Gasteiger partial charge is 0.490 e. The number of halogens is 4. The van der Waals surface area contributed by atoms with Crippen LogP contribution in [0, 0.1) is 0 Å². The topological polar surface area (TPSA) is 130 Å². The first-order chi connectivity index (χ1) is 16.0. The van der Waals surface area contributed by atoms with E-state index in [2.05, 4.69) is 5.32 Å². The summed E-state index contributed by atoms with van der Waals surface area (Å²) in [6.07, 6.45) is -1.52. The Bertz CT molecular complexity index is 1070. The van der Waals surface area contributed by atoms with E-state index in [0.29, 0.717) is 33.6 Å². The molecule has 0 atom stereocenters. The number of carbonyl (C=O) groups excluding carboxylic acids is 3. The van der Waals surface area contributed by atoms with E-state index in [4.69, 9.17) is 27.2 Å². The summed E-state index contributed by atoms with van der Waals surface area (Å²) in [5.74, 6) is -3.80. The molecule has 0 aliphatic carbocycles. The number of amides is 3. The van der Waals surface area contributed by atoms with Crippen LogP contribution in [0.1, 0.15) is 56.1 Å². The van der Waals surface area contributed by atoms with Crippen LogP contribution in [0.2, 0.25) is 4.34 Å². The Kier molecular flexibility index (Phi) is 9.59. The monoisotopic (exact) mass is 519 g/mol. The SMILES string of the molecule is NCCCCCCN1C(=O)c2cccc(NC(=O)c3ccc(Cl)s3)c2C1=O.O=C(O)C(F)(F)F. The van der Waals surface area contributed by atoms with Crippen molar-refractivity contribution in [1.82, 2.24) is 4.90 Å². The van der Waals surface area contributed by atoms with Crippen molar-refractivity contribution in [2.75, 3.05) is 18.4 Å². The molecule has 13 heteroatoms. The van der Waals surface area contributed by atoms with Gasteiger partial charge in [0.2, 0.25) is 0 Å². The summed E-state index contributed by atoms with van der Waals surface area (Å²) in [5.41, 5.74) is 6.39. The van der Waals surface area contributed by atoms with Crippen LogP contribution in [0.3, 0.4) is 0 Å². The quantitative estimate of drug-likeness (QED) is 0.350. The predicted octanol–water partition coefficient (Wildman–Crippen LogP) is 4.40. The smallest absolute Gasteiger partial charge is 0.475 e. The summed E-state index contributed by atoms with van der Waals surface area (Å²) < 4.78 is 32.2. The van der Waals surface area contributed by atoms with Gasteiger partial charge in [0.15, 0.2) is 0 Å². The second kappa shape index (κ2) is 12.0. The number of nitrogens with two attached hydrogens (primary N) is 1. The zero-order valence-electron chi connectivity index (χ0n) is 17.7. The third kappa shape index (κ3) is 7.02. The van der Waals surface area contributed by atoms with Gasteiger partial charge in [-0.15, -0.1) is 11.3 Å². The molecule has 1 aliphatic rings. The number of thiophene rings is 1. The maximum atomic E-state index is 12.8. The third-order valence-corrected chi connectivity index (χ3v) is 5.85. The van der Waals surface area contributed by atoms with Crippen molar-refractivity contribution in [2.45, 2.75) is 31.9 Å². The van der Waals surface area contributed by atoms with Gasteiger partial charge in [0.1, 0.15) is 0 Å². The van der Waals surface area contributed by atoms with Crippen molar-refractivity contribution in [2.24, 2.45) is 5.73 Å². The van der Waals surface area contributed by atoms with Gasteiger partial charge in [0, 0.05) is 6.54 Å². The number of nitrogens with one attached hydrogen (secondary N) is 1. The van der Waals surface area contributed by atoms with Crippen LogP contribution >= 0.6 is 22.9 Å². The van der Waals surface area contributed by atoms with E-state index in [1.165, 1.54) is 4.90 Å². The number of unbranched alkanes of at least 4 members (excludes halogenated alkanes) is 3. The van der Waals surface area contributed by atoms with Gasteiger partial charge in [-0.05, 0) is 43.7 Å². The molecule has 1 aromatic heterocycles. The molecule has 8 nitrogen and oxygen atoms in total. The molecule has 1 aliphatic heterocycles. The van der Waals surface area contributed by atoms with Gasteiger partial charge in [-0.25, -0.2) is 4.79 Å². The molecule has 2 aromatic rings. The van der Waals surface area contributed by atoms with E-state index in [-0.39, 0.29) is 23.3 Å². The van der Waals surface area contributed by atoms with Gasteiger partial charge in [-0.3, -0.25) is 19.3 Å². The molecular formula is C21H21ClF3N3O5S. The lowest BCUT2D eigenvalue weighted by Gasteiger charge is -2.13. The van der Waals surface area contributed by atoms with Crippen LogP contribution in [0.5, 0.6) is 0 Å². The minimum absolute atomic E-state index is 0.250. The Hall–Kier alpha value is -2.96. The van der Waals surface area contributed by atoms with Crippen molar-refractivity contribution >= 4 is 52.3 Å². The Labute approximate surface area is 201 Å². The van der Waals surface area contributed by atoms with E-state index < -0.39 is 12.1 Å². The molecule has 0 saturated carbocycles. The number of hydrogen-bond acceptors (Lipinski definition) is 6. The maximum Gasteiger partial charge on any atom is 0.490 e. The summed E-state index contributed by atoms with van der Waals surface area (Å²) in [6.45, 7) is 1.01. The molecule has 0 bridgehead atoms. The minimum Gasteiger partial charge on any atom is -0.475 e. The number of alkyl halides is 3. The molecule has 0 saturated heterocycles. The summed E-state index contributed by atoms with van der Waals surface area (Å²) >= 11 is 7.02. The van der Waals surface area contributed by atoms with Crippen LogP contribution in [0.25, 0.3) is 0 Å². The van der Waals surface area contributed by atoms with E-state index in [1.54, 1.807) is 30.3 Å². The lowest BCUT2D eigenvalue weighted by Crippen LogP contribution is -2.30. The number of fused-ring (bicyclic) bond motifs is 1. The van der Waals surface area contributed by atoms with E-state index >= 15 is 0 Å². The van der Waals surface area contributed by atoms with Gasteiger partial charge in [0.25, 0.3) is 17.7 Å². The molecule has 3 rings (SSSR count). The molecule has 0 radical (unpaired) electrons. The molecule has 34 heavy (non-hydrogen) atoms. The van der Waals surface area contributed by atoms with Crippen LogP contribution in [0.4, 0.5) is 18.9 Å². The van der Waals surface area contributed by atoms with Crippen molar-refractivity contribution in [1.29, 1.82) is 0 Å². The standard InChI is InChI=1S/C19H20ClN3O3S.C2HF3O2/c20-15-9-8-14(27-15)17(24)22-13-7-5-6-12-16(13)19(26)23(18(12)25)11-4-2-1-3-10-21;3-2(4,5)1(6)7/h5-9H,1-4,10-11,21H2,(H,22,24);(H,6,7). The van der Waals surface area contributed by atoms with Gasteiger partial charge in [0.05, 0.1) is 26.0 Å². The minimum atomic E-state index is -5.08. The van der Waals surface area contributed by atoms with Crippen molar-refractivity contribution in [3.8, 4) is 0 Å². The molecule has 3 amide bonds. The first-order valence-electron chi connectivity index (χ1n) is 10.0. The number of nitrogens with zero attached hydrogens (tertiary/aromatic N) is 1. The van der Waals surface area contributed by atoms with E-state index in [9.17, 15) is 27.6 Å². The highest BCUT2D eigenvalue weighted by Gasteiger charge is 2.38. The Morgan fingerprint density at radius 1 is 1.06 bits per heavy atom. The molecule has 0 fully saturated rings. The molecule has 4 N–H and O–H groups in total. The zero-order valence-corrected chi connectivity index (χ0v) is 19.2. The summed E-state index contributed by atoms with van der Waals surface area (Å²) in [7, 11) is 0. The van der Waals surface area contributed by atoms with Gasteiger partial charge in [-0.1, -0.05) is 30.5 Å². The van der Waals surface area contributed by atoms with Crippen molar-refractivity contribution in [3.05, 3.63) is 50.7 Å². The first-order valence-corrected chi connectivity index (χ1v) is 11.2. The van der Waals surface area contributed by atoms with Crippen molar-refractivity contribution in [3.63, 3.8) is 0 Å². The number of aliphatic carboxylic acids is 1. The number of carbonyl (C=O) groups is 4. The maximum absolute atomic E-state index is 12.8. The fourth-order valence-electron chi connectivity index (χ4n) is 3.03. The average molecular weight is 520 g/mol. The highest BCUT2D eigenvalue weighted by atomic mass is 35.5. The van der Waals surface area contributed by atoms with Crippen LogP contribution in [-0.4, -0.2) is 53.0 Å². The second-order valence-electron chi connectivity index (χ2n) is 7.05. The summed E-state index contributed by atoms with van der Waals surface area (Å²) in [5, 5.41) is 9.85. The van der Waals surface area contributed by atoms with E-state index in [1.807, 2.05) is 0 Å². The Balaban J connectivity index is 0.000000509. The lowest BCUT2D eigenvalue weighted by molar-refractivity contribution is -0.192. The highest BCUT2D eigenvalue weighted by molar-refractivity contribution is 7.18. The average Bonchev–Trinajstić information content (AvgIpc) is 3.30. The fourth-order valence-corrected chi connectivity index (χ4v) is 3.97. The number of rotatable bonds is 8. The molecule has 0 spiro atoms. The zero-order chi connectivity index (χ0) is 25.5. The number of carboxylic acids is 1. The normalized spacial score (nSPS) is 12.8. The van der Waals surface area contributed by atoms with Crippen LogP contribution in [0.15, 0.2) is 30.3 Å². The van der Waals surface area contributed by atoms with Crippen LogP contribution < -0.4 is 11.1 Å². The Morgan fingerprint density at radius 3 is 2.26 bits per heavy atom. The summed E-state index contributed by atoms with van der Waals surface area (Å²) in [4.78, 5) is 48.4. The number of hydrogen-bond donors (Lipinski definition) is 3.